The highest BCUT2D eigenvalue weighted by atomic mass is 35.5. The Balaban J connectivity index is 1.91. The van der Waals surface area contributed by atoms with Crippen molar-refractivity contribution in [2.24, 2.45) is 0 Å². The topological polar surface area (TPSA) is 45.2 Å². The van der Waals surface area contributed by atoms with E-state index < -0.39 is 0 Å². The summed E-state index contributed by atoms with van der Waals surface area (Å²) in [6, 6.07) is 7.75. The first-order valence-corrected chi connectivity index (χ1v) is 7.23. The minimum absolute atomic E-state index is 0.122. The summed E-state index contributed by atoms with van der Waals surface area (Å²) in [4.78, 5) is 17.7. The van der Waals surface area contributed by atoms with E-state index in [2.05, 4.69) is 10.3 Å². The van der Waals surface area contributed by atoms with Crippen LogP contribution < -0.4 is 5.32 Å². The Bertz CT molecular complexity index is 682. The monoisotopic (exact) mass is 341 g/mol. The molecule has 0 bridgehead atoms. The highest BCUT2D eigenvalue weighted by Crippen LogP contribution is 2.22. The van der Waals surface area contributed by atoms with Crippen molar-refractivity contribution >= 4 is 34.9 Å². The molecule has 116 valence electrons. The summed E-state index contributed by atoms with van der Waals surface area (Å²) in [6.07, 6.45) is 1.40. The zero-order chi connectivity index (χ0) is 16.1. The number of hydrogen-bond donors (Lipinski definition) is 1. The van der Waals surface area contributed by atoms with Crippen molar-refractivity contribution in [3.05, 3.63) is 58.0 Å². The van der Waals surface area contributed by atoms with Gasteiger partial charge >= 0.3 is 0 Å². The largest absolute Gasteiger partial charge is 0.308 e. The summed E-state index contributed by atoms with van der Waals surface area (Å²) in [5, 5.41) is 3.28. The van der Waals surface area contributed by atoms with E-state index in [0.29, 0.717) is 11.6 Å². The van der Waals surface area contributed by atoms with Gasteiger partial charge in [-0.2, -0.15) is 0 Å². The van der Waals surface area contributed by atoms with E-state index in [1.54, 1.807) is 24.1 Å². The van der Waals surface area contributed by atoms with Gasteiger partial charge in [-0.1, -0.05) is 35.3 Å². The Morgan fingerprint density at radius 3 is 2.82 bits per heavy atom. The summed E-state index contributed by atoms with van der Waals surface area (Å²) in [5.41, 5.74) is 0.790. The number of carbonyl (C=O) groups excluding carboxylic acids is 1. The van der Waals surface area contributed by atoms with Crippen LogP contribution in [0.2, 0.25) is 10.0 Å². The molecule has 2 rings (SSSR count). The van der Waals surface area contributed by atoms with Crippen LogP contribution in [0.3, 0.4) is 0 Å². The minimum atomic E-state index is -0.299. The lowest BCUT2D eigenvalue weighted by atomic mass is 10.2. The summed E-state index contributed by atoms with van der Waals surface area (Å²) in [7, 11) is 1.77. The Morgan fingerprint density at radius 2 is 2.14 bits per heavy atom. The maximum Gasteiger partial charge on any atom is 0.239 e. The number of halogens is 3. The lowest BCUT2D eigenvalue weighted by molar-refractivity contribution is -0.117. The molecule has 0 aliphatic carbocycles. The van der Waals surface area contributed by atoms with Crippen LogP contribution >= 0.6 is 23.2 Å². The minimum Gasteiger partial charge on any atom is -0.308 e. The average molecular weight is 342 g/mol. The van der Waals surface area contributed by atoms with Crippen LogP contribution in [0.4, 0.5) is 10.2 Å². The molecule has 1 aromatic heterocycles. The van der Waals surface area contributed by atoms with Crippen LogP contribution in [0.5, 0.6) is 0 Å². The summed E-state index contributed by atoms with van der Waals surface area (Å²) < 4.78 is 13.1. The molecular formula is C15H14Cl2FN3O. The molecule has 0 saturated carbocycles. The fourth-order valence-electron chi connectivity index (χ4n) is 1.93. The van der Waals surface area contributed by atoms with E-state index in [1.807, 2.05) is 0 Å². The van der Waals surface area contributed by atoms with Gasteiger partial charge in [0.15, 0.2) is 5.82 Å². The fourth-order valence-corrected chi connectivity index (χ4v) is 2.35. The standard InChI is InChI=1S/C15H14Cl2FN3O/c1-21(8-10-3-2-4-12(18)5-10)9-14(22)20-15-13(17)6-11(16)7-19-15/h2-7H,8-9H2,1H3,(H,19,20,22). The normalized spacial score (nSPS) is 10.8. The van der Waals surface area contributed by atoms with Crippen LogP contribution in [-0.2, 0) is 11.3 Å². The molecule has 0 saturated heterocycles. The van der Waals surface area contributed by atoms with E-state index in [9.17, 15) is 9.18 Å². The van der Waals surface area contributed by atoms with Gasteiger partial charge in [0.2, 0.25) is 5.91 Å². The van der Waals surface area contributed by atoms with Crippen LogP contribution in [0.1, 0.15) is 5.56 Å². The second-order valence-electron chi connectivity index (χ2n) is 4.83. The lowest BCUT2D eigenvalue weighted by Crippen LogP contribution is -2.30. The van der Waals surface area contributed by atoms with Gasteiger partial charge in [-0.15, -0.1) is 0 Å². The van der Waals surface area contributed by atoms with Crippen molar-refractivity contribution in [2.75, 3.05) is 18.9 Å². The molecule has 1 heterocycles. The molecule has 0 aliphatic heterocycles. The molecule has 2 aromatic rings. The number of aromatic nitrogens is 1. The van der Waals surface area contributed by atoms with E-state index in [-0.39, 0.29) is 29.1 Å². The summed E-state index contributed by atoms with van der Waals surface area (Å²) >= 11 is 11.7. The van der Waals surface area contributed by atoms with E-state index in [1.165, 1.54) is 24.4 Å². The first-order valence-electron chi connectivity index (χ1n) is 6.48. The third-order valence-corrected chi connectivity index (χ3v) is 3.32. The molecule has 1 N–H and O–H groups in total. The number of hydrogen-bond acceptors (Lipinski definition) is 3. The smallest absolute Gasteiger partial charge is 0.239 e. The molecule has 4 nitrogen and oxygen atoms in total. The number of likely N-dealkylation sites (N-methyl/N-ethyl adjacent to an activating group) is 1. The maximum absolute atomic E-state index is 13.1. The van der Waals surface area contributed by atoms with Gasteiger partial charge in [0.25, 0.3) is 0 Å². The third kappa shape index (κ3) is 4.94. The number of amides is 1. The number of rotatable bonds is 5. The van der Waals surface area contributed by atoms with Gasteiger partial charge in [0.05, 0.1) is 16.6 Å². The molecule has 0 fully saturated rings. The van der Waals surface area contributed by atoms with E-state index in [4.69, 9.17) is 23.2 Å². The number of benzene rings is 1. The van der Waals surface area contributed by atoms with Gasteiger partial charge in [0.1, 0.15) is 5.82 Å². The number of pyridine rings is 1. The predicted octanol–water partition coefficient (Wildman–Crippen LogP) is 3.60. The quantitative estimate of drug-likeness (QED) is 0.903. The lowest BCUT2D eigenvalue weighted by Gasteiger charge is -2.16. The molecule has 1 amide bonds. The Hall–Kier alpha value is -1.69. The first-order chi connectivity index (χ1) is 10.4. The van der Waals surface area contributed by atoms with E-state index >= 15 is 0 Å². The number of carbonyl (C=O) groups is 1. The van der Waals surface area contributed by atoms with Crippen molar-refractivity contribution in [1.29, 1.82) is 0 Å². The summed E-state index contributed by atoms with van der Waals surface area (Å²) in [6.45, 7) is 0.574. The first kappa shape index (κ1) is 16.7. The van der Waals surface area contributed by atoms with Gasteiger partial charge in [-0.3, -0.25) is 9.69 Å². The van der Waals surface area contributed by atoms with Crippen molar-refractivity contribution < 1.29 is 9.18 Å². The Labute approximate surface area is 137 Å². The van der Waals surface area contributed by atoms with Crippen LogP contribution in [0.25, 0.3) is 0 Å². The van der Waals surface area contributed by atoms with Crippen molar-refractivity contribution in [3.63, 3.8) is 0 Å². The second kappa shape index (κ2) is 7.54. The van der Waals surface area contributed by atoms with E-state index in [0.717, 1.165) is 5.56 Å². The van der Waals surface area contributed by atoms with Gasteiger partial charge in [0, 0.05) is 12.7 Å². The second-order valence-corrected chi connectivity index (χ2v) is 5.68. The fraction of sp³-hybridized carbons (Fsp3) is 0.200. The zero-order valence-electron chi connectivity index (χ0n) is 11.8. The number of anilines is 1. The highest BCUT2D eigenvalue weighted by molar-refractivity contribution is 6.36. The molecule has 1 aromatic carbocycles. The molecular weight excluding hydrogens is 328 g/mol. The molecule has 0 radical (unpaired) electrons. The van der Waals surface area contributed by atoms with Crippen molar-refractivity contribution in [1.82, 2.24) is 9.88 Å². The molecule has 0 unspecified atom stereocenters. The molecule has 0 spiro atoms. The molecule has 7 heteroatoms. The number of nitrogens with one attached hydrogen (secondary N) is 1. The van der Waals surface area contributed by atoms with Crippen LogP contribution in [0, 0.1) is 5.82 Å². The molecule has 22 heavy (non-hydrogen) atoms. The Morgan fingerprint density at radius 1 is 1.36 bits per heavy atom. The van der Waals surface area contributed by atoms with Gasteiger partial charge < -0.3 is 5.32 Å². The average Bonchev–Trinajstić information content (AvgIpc) is 2.41. The van der Waals surface area contributed by atoms with Crippen LogP contribution in [0.15, 0.2) is 36.5 Å². The predicted molar refractivity (Wildman–Crippen MR) is 85.6 cm³/mol. The van der Waals surface area contributed by atoms with Gasteiger partial charge in [-0.25, -0.2) is 9.37 Å². The maximum atomic E-state index is 13.1. The van der Waals surface area contributed by atoms with Crippen molar-refractivity contribution in [3.8, 4) is 0 Å². The molecule has 0 aliphatic rings. The number of nitrogens with zero attached hydrogens (tertiary/aromatic N) is 2. The SMILES string of the molecule is CN(CC(=O)Nc1ncc(Cl)cc1Cl)Cc1cccc(F)c1. The third-order valence-electron chi connectivity index (χ3n) is 2.82. The van der Waals surface area contributed by atoms with Gasteiger partial charge in [-0.05, 0) is 30.8 Å². The van der Waals surface area contributed by atoms with Crippen molar-refractivity contribution in [2.45, 2.75) is 6.54 Å². The van der Waals surface area contributed by atoms with Crippen LogP contribution in [-0.4, -0.2) is 29.4 Å². The zero-order valence-corrected chi connectivity index (χ0v) is 13.3. The highest BCUT2D eigenvalue weighted by Gasteiger charge is 2.11. The molecule has 0 atom stereocenters. The Kier molecular flexibility index (Phi) is 5.71. The summed E-state index contributed by atoms with van der Waals surface area (Å²) in [5.74, 6) is -0.307.